The third kappa shape index (κ3) is 12.0. The third-order valence-corrected chi connectivity index (χ3v) is 3.56. The minimum Gasteiger partial charge on any atom is -0.462 e. The van der Waals surface area contributed by atoms with Gasteiger partial charge in [-0.15, -0.1) is 0 Å². The van der Waals surface area contributed by atoms with E-state index in [1.165, 1.54) is 70.3 Å². The van der Waals surface area contributed by atoms with Gasteiger partial charge in [0, 0.05) is 6.08 Å². The molecule has 0 amide bonds. The van der Waals surface area contributed by atoms with Crippen molar-refractivity contribution in [2.24, 2.45) is 5.92 Å². The Balaban J connectivity index is 3.81. The van der Waals surface area contributed by atoms with Gasteiger partial charge in [0.05, 0.1) is 6.61 Å². The summed E-state index contributed by atoms with van der Waals surface area (Å²) >= 11 is 0. The SMILES string of the molecule is C=CC(=O)OCC(CCCCC)CCCCCCC. The molecular weight excluding hydrogens is 236 g/mol. The number of rotatable bonds is 13. The lowest BCUT2D eigenvalue weighted by Gasteiger charge is -2.16. The fourth-order valence-corrected chi connectivity index (χ4v) is 2.29. The van der Waals surface area contributed by atoms with Crippen LogP contribution in [-0.2, 0) is 9.53 Å². The second-order valence-electron chi connectivity index (χ2n) is 5.40. The quantitative estimate of drug-likeness (QED) is 0.258. The second kappa shape index (κ2) is 13.6. The van der Waals surface area contributed by atoms with Crippen molar-refractivity contribution in [1.29, 1.82) is 0 Å². The number of esters is 1. The highest BCUT2D eigenvalue weighted by atomic mass is 16.5. The Labute approximate surface area is 119 Å². The average molecular weight is 268 g/mol. The average Bonchev–Trinajstić information content (AvgIpc) is 2.43. The zero-order valence-electron chi connectivity index (χ0n) is 13.0. The van der Waals surface area contributed by atoms with Crippen LogP contribution in [0.15, 0.2) is 12.7 Å². The summed E-state index contributed by atoms with van der Waals surface area (Å²) in [6.07, 6.45) is 14.0. The highest BCUT2D eigenvalue weighted by molar-refractivity contribution is 5.81. The van der Waals surface area contributed by atoms with Crippen LogP contribution in [-0.4, -0.2) is 12.6 Å². The van der Waals surface area contributed by atoms with Crippen LogP contribution >= 0.6 is 0 Å². The summed E-state index contributed by atoms with van der Waals surface area (Å²) < 4.78 is 5.21. The zero-order chi connectivity index (χ0) is 14.3. The van der Waals surface area contributed by atoms with Gasteiger partial charge in [-0.2, -0.15) is 0 Å². The minimum absolute atomic E-state index is 0.286. The van der Waals surface area contributed by atoms with E-state index in [0.717, 1.165) is 0 Å². The van der Waals surface area contributed by atoms with E-state index >= 15 is 0 Å². The molecular formula is C17H32O2. The normalized spacial score (nSPS) is 12.1. The smallest absolute Gasteiger partial charge is 0.330 e. The molecule has 0 aliphatic rings. The van der Waals surface area contributed by atoms with E-state index < -0.39 is 0 Å². The topological polar surface area (TPSA) is 26.3 Å². The van der Waals surface area contributed by atoms with Crippen LogP contribution < -0.4 is 0 Å². The number of ether oxygens (including phenoxy) is 1. The van der Waals surface area contributed by atoms with E-state index in [2.05, 4.69) is 20.4 Å². The lowest BCUT2D eigenvalue weighted by molar-refractivity contribution is -0.139. The highest BCUT2D eigenvalue weighted by Crippen LogP contribution is 2.18. The van der Waals surface area contributed by atoms with Crippen molar-refractivity contribution < 1.29 is 9.53 Å². The van der Waals surface area contributed by atoms with Gasteiger partial charge in [-0.1, -0.05) is 71.8 Å². The lowest BCUT2D eigenvalue weighted by Crippen LogP contribution is -2.13. The maximum atomic E-state index is 11.1. The van der Waals surface area contributed by atoms with Crippen molar-refractivity contribution in [3.8, 4) is 0 Å². The van der Waals surface area contributed by atoms with E-state index in [4.69, 9.17) is 4.74 Å². The van der Waals surface area contributed by atoms with Gasteiger partial charge in [0.1, 0.15) is 0 Å². The van der Waals surface area contributed by atoms with Crippen molar-refractivity contribution >= 4 is 5.97 Å². The fraction of sp³-hybridized carbons (Fsp3) is 0.824. The van der Waals surface area contributed by atoms with E-state index in [1.54, 1.807) is 0 Å². The van der Waals surface area contributed by atoms with E-state index in [1.807, 2.05) is 0 Å². The molecule has 0 spiro atoms. The summed E-state index contributed by atoms with van der Waals surface area (Å²) in [4.78, 5) is 11.1. The molecule has 0 heterocycles. The van der Waals surface area contributed by atoms with E-state index in [0.29, 0.717) is 12.5 Å². The summed E-state index contributed by atoms with van der Waals surface area (Å²) in [5.41, 5.74) is 0. The van der Waals surface area contributed by atoms with Crippen LogP contribution in [0.2, 0.25) is 0 Å². The van der Waals surface area contributed by atoms with Crippen molar-refractivity contribution in [2.75, 3.05) is 6.61 Å². The third-order valence-electron chi connectivity index (χ3n) is 3.56. The fourth-order valence-electron chi connectivity index (χ4n) is 2.29. The summed E-state index contributed by atoms with van der Waals surface area (Å²) in [5, 5.41) is 0. The monoisotopic (exact) mass is 268 g/mol. The van der Waals surface area contributed by atoms with Gasteiger partial charge in [-0.3, -0.25) is 0 Å². The Bertz CT molecular complexity index is 223. The van der Waals surface area contributed by atoms with Crippen LogP contribution in [0.1, 0.15) is 78.1 Å². The summed E-state index contributed by atoms with van der Waals surface area (Å²) in [6.45, 7) is 8.47. The molecule has 0 aromatic heterocycles. The molecule has 0 aromatic carbocycles. The number of hydrogen-bond donors (Lipinski definition) is 0. The van der Waals surface area contributed by atoms with Gasteiger partial charge in [0.2, 0.25) is 0 Å². The Morgan fingerprint density at radius 3 is 2.11 bits per heavy atom. The minimum atomic E-state index is -0.286. The molecule has 0 aliphatic heterocycles. The molecule has 0 aromatic rings. The zero-order valence-corrected chi connectivity index (χ0v) is 13.0. The van der Waals surface area contributed by atoms with Crippen molar-refractivity contribution in [3.05, 3.63) is 12.7 Å². The molecule has 0 bridgehead atoms. The molecule has 1 unspecified atom stereocenters. The number of carbonyl (C=O) groups is 1. The lowest BCUT2D eigenvalue weighted by atomic mass is 9.95. The van der Waals surface area contributed by atoms with Gasteiger partial charge in [-0.05, 0) is 18.8 Å². The van der Waals surface area contributed by atoms with Gasteiger partial charge in [0.25, 0.3) is 0 Å². The maximum absolute atomic E-state index is 11.1. The molecule has 19 heavy (non-hydrogen) atoms. The van der Waals surface area contributed by atoms with Crippen LogP contribution in [0.3, 0.4) is 0 Å². The van der Waals surface area contributed by atoms with Crippen LogP contribution in [0.4, 0.5) is 0 Å². The van der Waals surface area contributed by atoms with Crippen LogP contribution in [0.25, 0.3) is 0 Å². The molecule has 0 saturated carbocycles. The van der Waals surface area contributed by atoms with E-state index in [-0.39, 0.29) is 5.97 Å². The van der Waals surface area contributed by atoms with E-state index in [9.17, 15) is 4.79 Å². The largest absolute Gasteiger partial charge is 0.462 e. The first-order valence-electron chi connectivity index (χ1n) is 8.03. The first kappa shape index (κ1) is 18.2. The molecule has 0 radical (unpaired) electrons. The predicted octanol–water partition coefficient (Wildman–Crippen LogP) is 5.27. The van der Waals surface area contributed by atoms with Crippen LogP contribution in [0, 0.1) is 5.92 Å². The second-order valence-corrected chi connectivity index (χ2v) is 5.40. The molecule has 0 fully saturated rings. The molecule has 0 rings (SSSR count). The van der Waals surface area contributed by atoms with Crippen LogP contribution in [0.5, 0.6) is 0 Å². The van der Waals surface area contributed by atoms with Gasteiger partial charge < -0.3 is 4.74 Å². The summed E-state index contributed by atoms with van der Waals surface area (Å²) in [6, 6.07) is 0. The summed E-state index contributed by atoms with van der Waals surface area (Å²) in [7, 11) is 0. The van der Waals surface area contributed by atoms with Gasteiger partial charge in [-0.25, -0.2) is 4.79 Å². The molecule has 0 N–H and O–H groups in total. The predicted molar refractivity (Wildman–Crippen MR) is 82.2 cm³/mol. The first-order valence-corrected chi connectivity index (χ1v) is 8.03. The molecule has 0 saturated heterocycles. The molecule has 1 atom stereocenters. The first-order chi connectivity index (χ1) is 9.24. The standard InChI is InChI=1S/C17H32O2/c1-4-7-9-10-12-14-16(13-11-8-5-2)15-19-17(18)6-3/h6,16H,3-5,7-15H2,1-2H3. The van der Waals surface area contributed by atoms with Crippen molar-refractivity contribution in [2.45, 2.75) is 78.1 Å². The van der Waals surface area contributed by atoms with Crippen molar-refractivity contribution in [3.63, 3.8) is 0 Å². The van der Waals surface area contributed by atoms with Crippen molar-refractivity contribution in [1.82, 2.24) is 0 Å². The number of hydrogen-bond acceptors (Lipinski definition) is 2. The van der Waals surface area contributed by atoms with Gasteiger partial charge >= 0.3 is 5.97 Å². The Morgan fingerprint density at radius 2 is 1.53 bits per heavy atom. The molecule has 112 valence electrons. The maximum Gasteiger partial charge on any atom is 0.330 e. The highest BCUT2D eigenvalue weighted by Gasteiger charge is 2.10. The molecule has 2 nitrogen and oxygen atoms in total. The molecule has 0 aliphatic carbocycles. The Morgan fingerprint density at radius 1 is 1.00 bits per heavy atom. The molecule has 2 heteroatoms. The van der Waals surface area contributed by atoms with Gasteiger partial charge in [0.15, 0.2) is 0 Å². The number of unbranched alkanes of at least 4 members (excludes halogenated alkanes) is 6. The Hall–Kier alpha value is -0.790. The summed E-state index contributed by atoms with van der Waals surface area (Å²) in [5.74, 6) is 0.253. The Kier molecular flexibility index (Phi) is 13.1. The number of carbonyl (C=O) groups excluding carboxylic acids is 1.